The number of aromatic carboxylic acids is 1. The van der Waals surface area contributed by atoms with Crippen molar-refractivity contribution in [2.45, 2.75) is 32.7 Å². The molecule has 0 saturated heterocycles. The van der Waals surface area contributed by atoms with Gasteiger partial charge in [-0.2, -0.15) is 0 Å². The molecule has 1 unspecified atom stereocenters. The fraction of sp³-hybridized carbons (Fsp3) is 0.300. The van der Waals surface area contributed by atoms with Crippen LogP contribution in [0, 0.1) is 6.92 Å². The van der Waals surface area contributed by atoms with Crippen LogP contribution in [0.25, 0.3) is 0 Å². The van der Waals surface area contributed by atoms with Gasteiger partial charge in [-0.15, -0.1) is 0 Å². The van der Waals surface area contributed by atoms with Crippen LogP contribution in [-0.4, -0.2) is 28.4 Å². The average Bonchev–Trinajstić information content (AvgIpc) is 2.99. The van der Waals surface area contributed by atoms with E-state index in [1.54, 1.807) is 12.1 Å². The van der Waals surface area contributed by atoms with E-state index in [4.69, 9.17) is 0 Å². The number of aryl methyl sites for hydroxylation is 2. The van der Waals surface area contributed by atoms with E-state index in [0.29, 0.717) is 12.1 Å². The molecule has 1 amide bonds. The van der Waals surface area contributed by atoms with Gasteiger partial charge in [0.2, 0.25) is 0 Å². The number of carboxylic acids is 1. The zero-order chi connectivity index (χ0) is 17.3. The number of fused-ring (bicyclic) bond motifs is 1. The molecule has 0 aromatic heterocycles. The first-order valence-corrected chi connectivity index (χ1v) is 8.25. The summed E-state index contributed by atoms with van der Waals surface area (Å²) in [7, 11) is 0. The van der Waals surface area contributed by atoms with E-state index < -0.39 is 5.97 Å². The first-order chi connectivity index (χ1) is 11.5. The van der Waals surface area contributed by atoms with E-state index in [9.17, 15) is 14.7 Å². The van der Waals surface area contributed by atoms with Crippen LogP contribution in [0.1, 0.15) is 56.8 Å². The van der Waals surface area contributed by atoms with Crippen LogP contribution in [0.5, 0.6) is 0 Å². The fourth-order valence-electron chi connectivity index (χ4n) is 3.51. The number of hydrogen-bond donors (Lipinski definition) is 1. The molecule has 4 nitrogen and oxygen atoms in total. The highest BCUT2D eigenvalue weighted by atomic mass is 16.4. The number of benzene rings is 2. The Balaban J connectivity index is 1.97. The summed E-state index contributed by atoms with van der Waals surface area (Å²) in [5.74, 6) is -0.925. The quantitative estimate of drug-likeness (QED) is 0.930. The number of carboxylic acid groups (broad SMARTS) is 1. The van der Waals surface area contributed by atoms with Gasteiger partial charge in [-0.1, -0.05) is 24.3 Å². The minimum Gasteiger partial charge on any atom is -0.478 e. The molecule has 0 heterocycles. The van der Waals surface area contributed by atoms with Gasteiger partial charge in [-0.3, -0.25) is 4.79 Å². The van der Waals surface area contributed by atoms with Gasteiger partial charge in [0.15, 0.2) is 0 Å². The third kappa shape index (κ3) is 2.80. The Kier molecular flexibility index (Phi) is 4.38. The molecular weight excluding hydrogens is 302 g/mol. The maximum atomic E-state index is 13.0. The normalized spacial score (nSPS) is 15.8. The predicted octanol–water partition coefficient (Wildman–Crippen LogP) is 3.84. The molecule has 0 bridgehead atoms. The molecular formula is C20H21NO3. The lowest BCUT2D eigenvalue weighted by Crippen LogP contribution is -2.34. The highest BCUT2D eigenvalue weighted by molar-refractivity contribution is 5.96. The van der Waals surface area contributed by atoms with Crippen molar-refractivity contribution >= 4 is 11.9 Å². The van der Waals surface area contributed by atoms with Gasteiger partial charge in [0.05, 0.1) is 11.6 Å². The molecule has 0 aliphatic heterocycles. The van der Waals surface area contributed by atoms with Gasteiger partial charge < -0.3 is 10.0 Å². The molecule has 0 saturated carbocycles. The van der Waals surface area contributed by atoms with Crippen molar-refractivity contribution in [1.82, 2.24) is 4.90 Å². The molecule has 0 fully saturated rings. The molecule has 1 N–H and O–H groups in total. The summed E-state index contributed by atoms with van der Waals surface area (Å²) in [4.78, 5) is 26.1. The predicted molar refractivity (Wildman–Crippen MR) is 92.4 cm³/mol. The lowest BCUT2D eigenvalue weighted by molar-refractivity contribution is 0.0686. The van der Waals surface area contributed by atoms with Crippen molar-refractivity contribution in [3.8, 4) is 0 Å². The minimum atomic E-state index is -0.934. The lowest BCUT2D eigenvalue weighted by atomic mass is 10.0. The smallest absolute Gasteiger partial charge is 0.335 e. The summed E-state index contributed by atoms with van der Waals surface area (Å²) >= 11 is 0. The molecule has 2 aromatic carbocycles. The van der Waals surface area contributed by atoms with Gasteiger partial charge in [0.25, 0.3) is 5.91 Å². The van der Waals surface area contributed by atoms with Gasteiger partial charge in [-0.25, -0.2) is 4.79 Å². The van der Waals surface area contributed by atoms with Crippen LogP contribution < -0.4 is 0 Å². The van der Waals surface area contributed by atoms with E-state index in [1.165, 1.54) is 0 Å². The summed E-state index contributed by atoms with van der Waals surface area (Å²) in [5.41, 5.74) is 4.06. The lowest BCUT2D eigenvalue weighted by Gasteiger charge is -2.29. The van der Waals surface area contributed by atoms with Crippen LogP contribution in [0.3, 0.4) is 0 Å². The van der Waals surface area contributed by atoms with Crippen molar-refractivity contribution in [1.29, 1.82) is 0 Å². The summed E-state index contributed by atoms with van der Waals surface area (Å²) in [6.45, 7) is 4.50. The Hall–Kier alpha value is -2.62. The average molecular weight is 323 g/mol. The van der Waals surface area contributed by atoms with Gasteiger partial charge >= 0.3 is 5.97 Å². The highest BCUT2D eigenvalue weighted by Crippen LogP contribution is 2.37. The Morgan fingerprint density at radius 2 is 1.96 bits per heavy atom. The van der Waals surface area contributed by atoms with Crippen LogP contribution >= 0.6 is 0 Å². The van der Waals surface area contributed by atoms with E-state index in [1.807, 2.05) is 49.1 Å². The fourth-order valence-corrected chi connectivity index (χ4v) is 3.51. The molecule has 24 heavy (non-hydrogen) atoms. The van der Waals surface area contributed by atoms with Gasteiger partial charge in [-0.05, 0) is 61.6 Å². The number of hydrogen-bond acceptors (Lipinski definition) is 2. The van der Waals surface area contributed by atoms with E-state index in [2.05, 4.69) is 0 Å². The zero-order valence-electron chi connectivity index (χ0n) is 14.0. The Labute approximate surface area is 141 Å². The molecule has 124 valence electrons. The molecule has 4 heteroatoms. The van der Waals surface area contributed by atoms with E-state index >= 15 is 0 Å². The molecule has 1 aliphatic rings. The standard InChI is InChI=1S/C20H21NO3/c1-3-21(19(22)16-7-5-4-6-13(16)2)18-11-10-14-8-9-15(20(23)24)12-17(14)18/h4-9,12,18H,3,10-11H2,1-2H3,(H,23,24). The van der Waals surface area contributed by atoms with Gasteiger partial charge in [0.1, 0.15) is 0 Å². The summed E-state index contributed by atoms with van der Waals surface area (Å²) in [5, 5.41) is 9.24. The summed E-state index contributed by atoms with van der Waals surface area (Å²) in [6.07, 6.45) is 1.71. The van der Waals surface area contributed by atoms with Crippen molar-refractivity contribution in [2.24, 2.45) is 0 Å². The molecule has 0 spiro atoms. The van der Waals surface area contributed by atoms with Crippen LogP contribution in [0.15, 0.2) is 42.5 Å². The second kappa shape index (κ2) is 6.48. The SMILES string of the molecule is CCN(C(=O)c1ccccc1C)C1CCc2ccc(C(=O)O)cc21. The van der Waals surface area contributed by atoms with Crippen LogP contribution in [0.2, 0.25) is 0 Å². The summed E-state index contributed by atoms with van der Waals surface area (Å²) in [6, 6.07) is 12.8. The molecule has 1 aliphatic carbocycles. The molecule has 1 atom stereocenters. The van der Waals surface area contributed by atoms with Crippen molar-refractivity contribution < 1.29 is 14.7 Å². The van der Waals surface area contributed by atoms with Gasteiger partial charge in [0, 0.05) is 12.1 Å². The maximum Gasteiger partial charge on any atom is 0.335 e. The monoisotopic (exact) mass is 323 g/mol. The molecule has 3 rings (SSSR count). The second-order valence-corrected chi connectivity index (χ2v) is 6.18. The van der Waals surface area contributed by atoms with Crippen molar-refractivity contribution in [2.75, 3.05) is 6.54 Å². The highest BCUT2D eigenvalue weighted by Gasteiger charge is 2.31. The zero-order valence-corrected chi connectivity index (χ0v) is 14.0. The van der Waals surface area contributed by atoms with E-state index in [-0.39, 0.29) is 17.5 Å². The van der Waals surface area contributed by atoms with Crippen LogP contribution in [-0.2, 0) is 6.42 Å². The van der Waals surface area contributed by atoms with Crippen molar-refractivity contribution in [3.63, 3.8) is 0 Å². The summed E-state index contributed by atoms with van der Waals surface area (Å²) < 4.78 is 0. The largest absolute Gasteiger partial charge is 0.478 e. The second-order valence-electron chi connectivity index (χ2n) is 6.18. The maximum absolute atomic E-state index is 13.0. The topological polar surface area (TPSA) is 57.6 Å². The Bertz CT molecular complexity index is 797. The Morgan fingerprint density at radius 3 is 2.62 bits per heavy atom. The number of carbonyl (C=O) groups excluding carboxylic acids is 1. The van der Waals surface area contributed by atoms with E-state index in [0.717, 1.165) is 29.5 Å². The van der Waals surface area contributed by atoms with Crippen LogP contribution in [0.4, 0.5) is 0 Å². The Morgan fingerprint density at radius 1 is 1.21 bits per heavy atom. The number of amides is 1. The number of rotatable bonds is 4. The first-order valence-electron chi connectivity index (χ1n) is 8.25. The molecule has 0 radical (unpaired) electrons. The first kappa shape index (κ1) is 16.2. The number of nitrogens with zero attached hydrogens (tertiary/aromatic N) is 1. The number of carbonyl (C=O) groups is 2. The third-order valence-corrected chi connectivity index (χ3v) is 4.79. The third-order valence-electron chi connectivity index (χ3n) is 4.79. The molecule has 2 aromatic rings. The van der Waals surface area contributed by atoms with Crippen molar-refractivity contribution in [3.05, 3.63) is 70.3 Å². The minimum absolute atomic E-state index is 0.00850.